The Morgan fingerprint density at radius 3 is 2.06 bits per heavy atom. The monoisotopic (exact) mass is 319 g/mol. The first-order chi connectivity index (χ1) is 8.54. The van der Waals surface area contributed by atoms with Gasteiger partial charge in [0.15, 0.2) is 0 Å². The highest BCUT2D eigenvalue weighted by atomic mass is 35.5. The summed E-state index contributed by atoms with van der Waals surface area (Å²) < 4.78 is 0. The van der Waals surface area contributed by atoms with Crippen LogP contribution < -0.4 is 5.73 Å². The highest BCUT2D eigenvalue weighted by Gasteiger charge is 2.11. The highest BCUT2D eigenvalue weighted by Crippen LogP contribution is 2.38. The Kier molecular flexibility index (Phi) is 4.41. The molecule has 5 heteroatoms. The van der Waals surface area contributed by atoms with Gasteiger partial charge in [0.05, 0.1) is 20.1 Å². The number of hydrogen-bond acceptors (Lipinski definition) is 1. The van der Waals surface area contributed by atoms with Crippen molar-refractivity contribution in [1.29, 1.82) is 0 Å². The van der Waals surface area contributed by atoms with E-state index in [1.807, 2.05) is 18.2 Å². The predicted molar refractivity (Wildman–Crippen MR) is 79.8 cm³/mol. The Balaban J connectivity index is 2.62. The number of hydrogen-bond donors (Lipinski definition) is 1. The Morgan fingerprint density at radius 1 is 0.889 bits per heavy atom. The summed E-state index contributed by atoms with van der Waals surface area (Å²) in [5, 5.41) is 1.74. The Morgan fingerprint density at radius 2 is 1.50 bits per heavy atom. The Hall–Kier alpha value is -0.440. The maximum absolute atomic E-state index is 6.29. The van der Waals surface area contributed by atoms with E-state index in [2.05, 4.69) is 0 Å². The van der Waals surface area contributed by atoms with Crippen LogP contribution in [-0.4, -0.2) is 0 Å². The lowest BCUT2D eigenvalue weighted by atomic mass is 10.0. The molecule has 94 valence electrons. The fourth-order valence-electron chi connectivity index (χ4n) is 1.67. The van der Waals surface area contributed by atoms with E-state index in [1.54, 1.807) is 12.1 Å². The van der Waals surface area contributed by atoms with Crippen molar-refractivity contribution in [2.24, 2.45) is 5.73 Å². The second-order valence-electron chi connectivity index (χ2n) is 3.74. The molecule has 2 aromatic carbocycles. The summed E-state index contributed by atoms with van der Waals surface area (Å²) in [4.78, 5) is 0. The van der Waals surface area contributed by atoms with Crippen LogP contribution >= 0.6 is 46.4 Å². The topological polar surface area (TPSA) is 26.0 Å². The number of benzene rings is 2. The van der Waals surface area contributed by atoms with Gasteiger partial charge in [0.2, 0.25) is 0 Å². The van der Waals surface area contributed by atoms with E-state index >= 15 is 0 Å². The number of halogens is 4. The summed E-state index contributed by atoms with van der Waals surface area (Å²) in [7, 11) is 0. The molecule has 0 saturated carbocycles. The van der Waals surface area contributed by atoms with Crippen LogP contribution in [0.15, 0.2) is 30.3 Å². The first kappa shape index (κ1) is 14.0. The van der Waals surface area contributed by atoms with Crippen molar-refractivity contribution in [1.82, 2.24) is 0 Å². The molecule has 0 radical (unpaired) electrons. The van der Waals surface area contributed by atoms with Crippen LogP contribution in [0, 0.1) is 0 Å². The van der Waals surface area contributed by atoms with Gasteiger partial charge in [0.25, 0.3) is 0 Å². The molecule has 0 heterocycles. The maximum Gasteiger partial charge on any atom is 0.0778 e. The smallest absolute Gasteiger partial charge is 0.0778 e. The standard InChI is InChI=1S/C13H9Cl4N/c14-10-4-8(5-11(15)13(10)17)9-3-1-2-7(6-18)12(9)16/h1-5H,6,18H2. The largest absolute Gasteiger partial charge is 0.326 e. The molecule has 0 spiro atoms. The van der Waals surface area contributed by atoms with Crippen molar-refractivity contribution in [3.05, 3.63) is 56.0 Å². The van der Waals surface area contributed by atoms with Gasteiger partial charge in [-0.1, -0.05) is 64.6 Å². The van der Waals surface area contributed by atoms with Crippen LogP contribution in [0.1, 0.15) is 5.56 Å². The van der Waals surface area contributed by atoms with Crippen LogP contribution in [0.5, 0.6) is 0 Å². The van der Waals surface area contributed by atoms with Crippen LogP contribution in [0.25, 0.3) is 11.1 Å². The van der Waals surface area contributed by atoms with Crippen LogP contribution in [0.3, 0.4) is 0 Å². The zero-order valence-corrected chi connectivity index (χ0v) is 12.2. The lowest BCUT2D eigenvalue weighted by Gasteiger charge is -2.10. The molecule has 0 atom stereocenters. The fraction of sp³-hybridized carbons (Fsp3) is 0.0769. The third-order valence-corrected chi connectivity index (χ3v) is 4.24. The molecule has 0 unspecified atom stereocenters. The van der Waals surface area contributed by atoms with Crippen molar-refractivity contribution in [3.8, 4) is 11.1 Å². The molecule has 0 aromatic heterocycles. The first-order valence-corrected chi connectivity index (χ1v) is 6.68. The Labute approximate surface area is 125 Å². The highest BCUT2D eigenvalue weighted by molar-refractivity contribution is 6.48. The van der Waals surface area contributed by atoms with Gasteiger partial charge in [-0.05, 0) is 23.3 Å². The first-order valence-electron chi connectivity index (χ1n) is 5.17. The molecule has 2 aromatic rings. The van der Waals surface area contributed by atoms with Gasteiger partial charge in [0.1, 0.15) is 0 Å². The lowest BCUT2D eigenvalue weighted by Crippen LogP contribution is -1.97. The summed E-state index contributed by atoms with van der Waals surface area (Å²) in [6.45, 7) is 0.377. The van der Waals surface area contributed by atoms with Crippen LogP contribution in [0.4, 0.5) is 0 Å². The molecule has 0 bridgehead atoms. The summed E-state index contributed by atoms with van der Waals surface area (Å²) in [6.07, 6.45) is 0. The average Bonchev–Trinajstić information content (AvgIpc) is 2.35. The van der Waals surface area contributed by atoms with Gasteiger partial charge in [-0.25, -0.2) is 0 Å². The molecule has 2 rings (SSSR count). The van der Waals surface area contributed by atoms with Crippen LogP contribution in [-0.2, 0) is 6.54 Å². The molecule has 0 saturated heterocycles. The van der Waals surface area contributed by atoms with Crippen molar-refractivity contribution >= 4 is 46.4 Å². The summed E-state index contributed by atoms with van der Waals surface area (Å²) in [5.41, 5.74) is 8.14. The molecular weight excluding hydrogens is 312 g/mol. The molecular formula is C13H9Cl4N. The minimum Gasteiger partial charge on any atom is -0.326 e. The second kappa shape index (κ2) is 5.68. The third-order valence-electron chi connectivity index (χ3n) is 2.59. The van der Waals surface area contributed by atoms with Crippen molar-refractivity contribution in [2.45, 2.75) is 6.54 Å². The summed E-state index contributed by atoms with van der Waals surface area (Å²) in [5.74, 6) is 0. The zero-order valence-electron chi connectivity index (χ0n) is 9.18. The predicted octanol–water partition coefficient (Wildman–Crippen LogP) is 5.43. The molecule has 0 aliphatic rings. The van der Waals surface area contributed by atoms with E-state index in [-0.39, 0.29) is 0 Å². The minimum atomic E-state index is 0.341. The van der Waals surface area contributed by atoms with Gasteiger partial charge >= 0.3 is 0 Å². The van der Waals surface area contributed by atoms with E-state index in [0.717, 1.165) is 16.7 Å². The molecule has 0 aliphatic heterocycles. The van der Waals surface area contributed by atoms with E-state index in [1.165, 1.54) is 0 Å². The maximum atomic E-state index is 6.29. The SMILES string of the molecule is NCc1cccc(-c2cc(Cl)c(Cl)c(Cl)c2)c1Cl. The molecule has 2 N–H and O–H groups in total. The van der Waals surface area contributed by atoms with Gasteiger partial charge in [-0.2, -0.15) is 0 Å². The Bertz CT molecular complexity index is 573. The molecule has 0 aliphatic carbocycles. The molecule has 1 nitrogen and oxygen atoms in total. The third kappa shape index (κ3) is 2.61. The van der Waals surface area contributed by atoms with Gasteiger partial charge in [-0.3, -0.25) is 0 Å². The minimum absolute atomic E-state index is 0.341. The molecule has 0 amide bonds. The van der Waals surface area contributed by atoms with E-state index in [4.69, 9.17) is 52.1 Å². The van der Waals surface area contributed by atoms with Crippen LogP contribution in [0.2, 0.25) is 20.1 Å². The van der Waals surface area contributed by atoms with Gasteiger partial charge < -0.3 is 5.73 Å². The lowest BCUT2D eigenvalue weighted by molar-refractivity contribution is 1.07. The summed E-state index contributed by atoms with van der Waals surface area (Å²) in [6, 6.07) is 9.12. The summed E-state index contributed by atoms with van der Waals surface area (Å²) >= 11 is 24.2. The van der Waals surface area contributed by atoms with Gasteiger partial charge in [-0.15, -0.1) is 0 Å². The molecule has 0 fully saturated rings. The van der Waals surface area contributed by atoms with E-state index in [0.29, 0.717) is 26.6 Å². The quantitative estimate of drug-likeness (QED) is 0.734. The van der Waals surface area contributed by atoms with E-state index < -0.39 is 0 Å². The van der Waals surface area contributed by atoms with Crippen molar-refractivity contribution in [2.75, 3.05) is 0 Å². The van der Waals surface area contributed by atoms with Crippen molar-refractivity contribution in [3.63, 3.8) is 0 Å². The van der Waals surface area contributed by atoms with E-state index in [9.17, 15) is 0 Å². The fourth-order valence-corrected chi connectivity index (χ4v) is 2.58. The number of rotatable bonds is 2. The number of nitrogens with two attached hydrogens (primary N) is 1. The molecule has 18 heavy (non-hydrogen) atoms. The zero-order chi connectivity index (χ0) is 13.3. The van der Waals surface area contributed by atoms with Gasteiger partial charge in [0, 0.05) is 12.1 Å². The normalized spacial score (nSPS) is 10.7. The average molecular weight is 321 g/mol. The van der Waals surface area contributed by atoms with Crippen molar-refractivity contribution < 1.29 is 0 Å². The second-order valence-corrected chi connectivity index (χ2v) is 5.31.